The second-order valence-corrected chi connectivity index (χ2v) is 24.0. The fourth-order valence-electron chi connectivity index (χ4n) is 8.19. The fourth-order valence-corrected chi connectivity index (χ4v) is 8.69. The summed E-state index contributed by atoms with van der Waals surface area (Å²) in [6, 6.07) is 21.4. The van der Waals surface area contributed by atoms with Gasteiger partial charge in [-0.15, -0.1) is 5.54 Å². The average Bonchev–Trinajstić information content (AvgIpc) is 3.59. The third-order valence-electron chi connectivity index (χ3n) is 11.7. The smallest absolute Gasteiger partial charge is 0.224 e. The maximum Gasteiger partial charge on any atom is 0.224 e. The van der Waals surface area contributed by atoms with E-state index in [1.165, 1.54) is 22.5 Å². The van der Waals surface area contributed by atoms with Crippen LogP contribution in [0.1, 0.15) is 92.6 Å². The summed E-state index contributed by atoms with van der Waals surface area (Å²) >= 11 is 0. The molecule has 62 heavy (non-hydrogen) atoms. The Hall–Kier alpha value is -6.49. The Morgan fingerprint density at radius 1 is 0.968 bits per heavy atom. The van der Waals surface area contributed by atoms with Crippen LogP contribution in [0.15, 0.2) is 123 Å². The largest absolute Gasteiger partial charge is 0.480 e. The maximum absolute atomic E-state index is 12.8. The van der Waals surface area contributed by atoms with Crippen molar-refractivity contribution >= 4 is 31.0 Å². The van der Waals surface area contributed by atoms with Crippen molar-refractivity contribution in [2.75, 3.05) is 16.8 Å². The van der Waals surface area contributed by atoms with E-state index in [9.17, 15) is 20.6 Å². The van der Waals surface area contributed by atoms with E-state index >= 15 is 0 Å². The molecule has 2 heterocycles. The molecule has 1 unspecified atom stereocenters. The number of nitrogens with one attached hydrogen (secondary N) is 1. The predicted molar refractivity (Wildman–Crippen MR) is 251 cm³/mol. The fraction of sp³-hybridized carbons (Fsp3) is 0.412. The van der Waals surface area contributed by atoms with E-state index in [0.717, 1.165) is 49.8 Å². The van der Waals surface area contributed by atoms with Crippen LogP contribution < -0.4 is 10.2 Å². The van der Waals surface area contributed by atoms with Gasteiger partial charge in [0.2, 0.25) is 5.91 Å². The monoisotopic (exact) mass is 842 g/mol. The van der Waals surface area contributed by atoms with Gasteiger partial charge in [0.25, 0.3) is 0 Å². The highest BCUT2D eigenvalue weighted by molar-refractivity contribution is 6.83. The van der Waals surface area contributed by atoms with Gasteiger partial charge in [-0.1, -0.05) is 120 Å². The Bertz CT molecular complexity index is 2520. The minimum absolute atomic E-state index is 0.0101. The topological polar surface area (TPSA) is 162 Å². The van der Waals surface area contributed by atoms with E-state index in [-0.39, 0.29) is 33.6 Å². The van der Waals surface area contributed by atoms with Gasteiger partial charge in [0, 0.05) is 57.2 Å². The van der Waals surface area contributed by atoms with Crippen LogP contribution in [-0.4, -0.2) is 26.1 Å². The number of nitrogens with zero attached hydrogens (tertiary/aromatic N) is 7. The molecule has 1 atom stereocenters. The number of azide groups is 1. The van der Waals surface area contributed by atoms with Crippen LogP contribution in [0.4, 0.5) is 17.1 Å². The summed E-state index contributed by atoms with van der Waals surface area (Å²) in [6.45, 7) is 22.7. The van der Waals surface area contributed by atoms with Crippen LogP contribution in [0.25, 0.3) is 10.4 Å². The Morgan fingerprint density at radius 3 is 2.29 bits per heavy atom. The van der Waals surface area contributed by atoms with Crippen molar-refractivity contribution < 1.29 is 9.53 Å². The molecule has 0 spiro atoms. The molecule has 1 amide bonds. The standard InChI is InChI=1S/C51H58N8O2Si/c1-49(2,3)38-30-35(19-25-43-42(34-54)48(37(32-52)33-53)61-51(43,6)7)41(27-29-62(8,9)10)36(31-38)20-26-46-50(4,5)44-16-13-14-17-45(44)59(46)28-15-11-12-18-47(60)56-39-21-23-40(24-22-39)57-58-55/h13-14,16-17,19-26,38H,11-12,15,18,28,30-31H2,1-10H3,(H,56,60). The number of carbonyl (C=O) groups excluding carboxylic acids is 1. The van der Waals surface area contributed by atoms with E-state index < -0.39 is 13.7 Å². The number of para-hydroxylation sites is 1. The van der Waals surface area contributed by atoms with Crippen LogP contribution in [0.2, 0.25) is 19.6 Å². The van der Waals surface area contributed by atoms with Gasteiger partial charge in [-0.05, 0) is 97.4 Å². The molecule has 1 aliphatic carbocycles. The molecule has 2 aliphatic heterocycles. The summed E-state index contributed by atoms with van der Waals surface area (Å²) in [5.41, 5.74) is 19.8. The first kappa shape index (κ1) is 46.6. The molecule has 1 N–H and O–H groups in total. The number of anilines is 2. The lowest BCUT2D eigenvalue weighted by atomic mass is 9.68. The summed E-state index contributed by atoms with van der Waals surface area (Å²) in [5.74, 6) is 3.96. The van der Waals surface area contributed by atoms with Crippen LogP contribution in [0.3, 0.4) is 0 Å². The molecule has 0 aromatic heterocycles. The van der Waals surface area contributed by atoms with Crippen molar-refractivity contribution in [3.63, 3.8) is 0 Å². The Kier molecular flexibility index (Phi) is 14.3. The molecule has 0 saturated heterocycles. The Morgan fingerprint density at radius 2 is 1.66 bits per heavy atom. The van der Waals surface area contributed by atoms with Crippen molar-refractivity contribution in [1.29, 1.82) is 15.8 Å². The molecule has 3 aliphatic rings. The molecule has 11 heteroatoms. The van der Waals surface area contributed by atoms with Gasteiger partial charge < -0.3 is 15.0 Å². The number of hydrogen-bond acceptors (Lipinski definition) is 7. The van der Waals surface area contributed by atoms with E-state index in [1.807, 2.05) is 32.1 Å². The third-order valence-corrected chi connectivity index (χ3v) is 12.6. The van der Waals surface area contributed by atoms with Crippen LogP contribution in [0, 0.1) is 56.8 Å². The van der Waals surface area contributed by atoms with Crippen molar-refractivity contribution in [2.24, 2.45) is 16.4 Å². The zero-order chi connectivity index (χ0) is 45.5. The molecule has 0 bridgehead atoms. The number of rotatable bonds is 11. The second kappa shape index (κ2) is 19.1. The molecule has 0 fully saturated rings. The highest BCUT2D eigenvalue weighted by Crippen LogP contribution is 2.49. The van der Waals surface area contributed by atoms with Crippen molar-refractivity contribution in [2.45, 2.75) is 118 Å². The first-order valence-corrected chi connectivity index (χ1v) is 24.8. The van der Waals surface area contributed by atoms with Gasteiger partial charge in [-0.2, -0.15) is 15.8 Å². The molecule has 2 aromatic rings. The molecule has 10 nitrogen and oxygen atoms in total. The molecular weight excluding hydrogens is 785 g/mol. The zero-order valence-corrected chi connectivity index (χ0v) is 38.9. The van der Waals surface area contributed by atoms with E-state index in [4.69, 9.17) is 10.3 Å². The van der Waals surface area contributed by atoms with E-state index in [1.54, 1.807) is 24.3 Å². The van der Waals surface area contributed by atoms with E-state index in [2.05, 4.69) is 135 Å². The summed E-state index contributed by atoms with van der Waals surface area (Å²) in [5, 5.41) is 36.1. The Labute approximate surface area is 369 Å². The minimum atomic E-state index is -1.80. The van der Waals surface area contributed by atoms with E-state index in [0.29, 0.717) is 29.3 Å². The molecular formula is C51H58N8O2Si. The number of hydrogen-bond donors (Lipinski definition) is 1. The predicted octanol–water partition coefficient (Wildman–Crippen LogP) is 12.9. The molecule has 318 valence electrons. The number of ether oxygens (including phenoxy) is 1. The number of benzene rings is 2. The second-order valence-electron chi connectivity index (χ2n) is 19.3. The summed E-state index contributed by atoms with van der Waals surface area (Å²) in [6.07, 6.45) is 13.2. The molecule has 0 saturated carbocycles. The summed E-state index contributed by atoms with van der Waals surface area (Å²) in [7, 11) is -1.80. The van der Waals surface area contributed by atoms with Crippen molar-refractivity contribution in [1.82, 2.24) is 0 Å². The lowest BCUT2D eigenvalue weighted by Gasteiger charge is -2.36. The number of carbonyl (C=O) groups is 1. The Balaban J connectivity index is 1.50. The summed E-state index contributed by atoms with van der Waals surface area (Å²) in [4.78, 5) is 18.0. The first-order chi connectivity index (χ1) is 29.2. The number of nitriles is 3. The highest BCUT2D eigenvalue weighted by Gasteiger charge is 2.41. The quantitative estimate of drug-likeness (QED) is 0.0450. The van der Waals surface area contributed by atoms with Gasteiger partial charge in [0.05, 0.1) is 0 Å². The summed E-state index contributed by atoms with van der Waals surface area (Å²) < 4.78 is 6.10. The van der Waals surface area contributed by atoms with Gasteiger partial charge >= 0.3 is 0 Å². The maximum atomic E-state index is 12.8. The highest BCUT2D eigenvalue weighted by atomic mass is 28.3. The average molecular weight is 843 g/mol. The van der Waals surface area contributed by atoms with Gasteiger partial charge in [0.15, 0.2) is 11.3 Å². The van der Waals surface area contributed by atoms with Crippen LogP contribution in [0.5, 0.6) is 0 Å². The number of fused-ring (bicyclic) bond motifs is 1. The van der Waals surface area contributed by atoms with Gasteiger partial charge in [0.1, 0.15) is 37.5 Å². The van der Waals surface area contributed by atoms with Crippen LogP contribution >= 0.6 is 0 Å². The molecule has 2 aromatic carbocycles. The van der Waals surface area contributed by atoms with Crippen molar-refractivity contribution in [3.05, 3.63) is 134 Å². The van der Waals surface area contributed by atoms with Gasteiger partial charge in [-0.3, -0.25) is 4.79 Å². The normalized spacial score (nSPS) is 19.2. The lowest BCUT2D eigenvalue weighted by molar-refractivity contribution is -0.116. The van der Waals surface area contributed by atoms with Gasteiger partial charge in [-0.25, -0.2) is 0 Å². The van der Waals surface area contributed by atoms with Crippen molar-refractivity contribution in [3.8, 4) is 29.7 Å². The number of unbranched alkanes of at least 4 members (excludes halogenated alkanes) is 2. The molecule has 0 radical (unpaired) electrons. The number of amides is 1. The number of allylic oxidation sites excluding steroid dienone is 9. The zero-order valence-electron chi connectivity index (χ0n) is 37.9. The lowest BCUT2D eigenvalue weighted by Crippen LogP contribution is -2.27. The molecule has 5 rings (SSSR count). The van der Waals surface area contributed by atoms with Crippen LogP contribution in [-0.2, 0) is 14.9 Å². The SMILES string of the molecule is CC1(C)OC(=C(C#N)C#N)C(C#N)=C1C=CC1=C(C#C[Si](C)(C)C)C(=CC=C2N(CCCCCC(=O)Nc3ccc(N=[N+]=[N-])cc3)c3ccccc3C2(C)C)CC(C(C)(C)C)C1. The minimum Gasteiger partial charge on any atom is -0.480 e. The first-order valence-electron chi connectivity index (χ1n) is 21.3. The third kappa shape index (κ3) is 10.9.